The van der Waals surface area contributed by atoms with Crippen molar-refractivity contribution in [3.63, 3.8) is 0 Å². The van der Waals surface area contributed by atoms with Crippen molar-refractivity contribution in [1.29, 1.82) is 0 Å². The Balaban J connectivity index is 2.68. The summed E-state index contributed by atoms with van der Waals surface area (Å²) in [5.41, 5.74) is 0. The largest absolute Gasteiger partial charge is 0.480 e. The van der Waals surface area contributed by atoms with Gasteiger partial charge in [0.05, 0.1) is 5.25 Å². The van der Waals surface area contributed by atoms with E-state index in [0.29, 0.717) is 26.1 Å². The molecule has 1 aliphatic rings. The first-order chi connectivity index (χ1) is 8.33. The van der Waals surface area contributed by atoms with Gasteiger partial charge in [0.1, 0.15) is 6.04 Å². The zero-order chi connectivity index (χ0) is 13.8. The van der Waals surface area contributed by atoms with Crippen LogP contribution in [-0.2, 0) is 19.6 Å². The molecule has 1 saturated heterocycles. The van der Waals surface area contributed by atoms with Crippen molar-refractivity contribution < 1.29 is 23.1 Å². The minimum absolute atomic E-state index is 0.114. The van der Waals surface area contributed by atoms with Gasteiger partial charge in [0.2, 0.25) is 10.0 Å². The van der Waals surface area contributed by atoms with Gasteiger partial charge in [-0.05, 0) is 25.2 Å². The smallest absolute Gasteiger partial charge is 0.321 e. The zero-order valence-corrected chi connectivity index (χ0v) is 11.6. The summed E-state index contributed by atoms with van der Waals surface area (Å²) in [7, 11) is -3.58. The maximum Gasteiger partial charge on any atom is 0.321 e. The fourth-order valence-corrected chi connectivity index (χ4v) is 3.55. The van der Waals surface area contributed by atoms with Gasteiger partial charge in [0.25, 0.3) is 0 Å². The standard InChI is InChI=1S/C11H21NO5S/c1-8(2)7-10(11(13)14)12-18(15,16)9-3-5-17-6-4-9/h8-10,12H,3-7H2,1-2H3,(H,13,14)/t10-/m1/s1. The number of hydrogen-bond acceptors (Lipinski definition) is 4. The normalized spacial score (nSPS) is 19.9. The molecule has 0 saturated carbocycles. The molecule has 0 bridgehead atoms. The van der Waals surface area contributed by atoms with Crippen LogP contribution in [0.2, 0.25) is 0 Å². The summed E-state index contributed by atoms with van der Waals surface area (Å²) in [4.78, 5) is 11.0. The third kappa shape index (κ3) is 4.55. The predicted octanol–water partition coefficient (Wildman–Crippen LogP) is 0.584. The second-order valence-corrected chi connectivity index (χ2v) is 6.99. The van der Waals surface area contributed by atoms with Crippen molar-refractivity contribution in [2.24, 2.45) is 5.92 Å². The van der Waals surface area contributed by atoms with Crippen molar-refractivity contribution in [2.75, 3.05) is 13.2 Å². The van der Waals surface area contributed by atoms with E-state index in [2.05, 4.69) is 4.72 Å². The van der Waals surface area contributed by atoms with Gasteiger partial charge in [0.15, 0.2) is 0 Å². The minimum atomic E-state index is -3.58. The van der Waals surface area contributed by atoms with Crippen LogP contribution in [0.15, 0.2) is 0 Å². The van der Waals surface area contributed by atoms with Crippen LogP contribution in [0.4, 0.5) is 0 Å². The topological polar surface area (TPSA) is 92.7 Å². The molecule has 1 fully saturated rings. The van der Waals surface area contributed by atoms with Gasteiger partial charge in [-0.15, -0.1) is 0 Å². The van der Waals surface area contributed by atoms with Gasteiger partial charge in [-0.2, -0.15) is 0 Å². The first-order valence-electron chi connectivity index (χ1n) is 6.14. The van der Waals surface area contributed by atoms with Gasteiger partial charge >= 0.3 is 5.97 Å². The van der Waals surface area contributed by atoms with Crippen LogP contribution in [0.3, 0.4) is 0 Å². The Morgan fingerprint density at radius 2 is 1.94 bits per heavy atom. The SMILES string of the molecule is CC(C)C[C@@H](NS(=O)(=O)C1CCOCC1)C(=O)O. The molecule has 0 aromatic rings. The van der Waals surface area contributed by atoms with Gasteiger partial charge in [-0.25, -0.2) is 13.1 Å². The molecule has 7 heteroatoms. The van der Waals surface area contributed by atoms with Crippen LogP contribution < -0.4 is 4.72 Å². The summed E-state index contributed by atoms with van der Waals surface area (Å²) in [6, 6.07) is -1.04. The molecular weight excluding hydrogens is 258 g/mol. The number of hydrogen-bond donors (Lipinski definition) is 2. The first-order valence-corrected chi connectivity index (χ1v) is 7.69. The van der Waals surface area contributed by atoms with E-state index < -0.39 is 27.3 Å². The summed E-state index contributed by atoms with van der Waals surface area (Å²) < 4.78 is 31.5. The van der Waals surface area contributed by atoms with Crippen LogP contribution >= 0.6 is 0 Å². The van der Waals surface area contributed by atoms with E-state index in [1.54, 1.807) is 0 Å². The molecule has 0 radical (unpaired) electrons. The Morgan fingerprint density at radius 3 is 2.39 bits per heavy atom. The lowest BCUT2D eigenvalue weighted by Gasteiger charge is -2.25. The number of nitrogens with one attached hydrogen (secondary N) is 1. The van der Waals surface area contributed by atoms with Crippen LogP contribution in [0.25, 0.3) is 0 Å². The Hall–Kier alpha value is -0.660. The molecule has 1 rings (SSSR count). The molecule has 18 heavy (non-hydrogen) atoms. The lowest BCUT2D eigenvalue weighted by molar-refractivity contribution is -0.139. The lowest BCUT2D eigenvalue weighted by atomic mass is 10.1. The van der Waals surface area contributed by atoms with Gasteiger partial charge in [0, 0.05) is 13.2 Å². The molecular formula is C11H21NO5S. The summed E-state index contributed by atoms with van der Waals surface area (Å²) >= 11 is 0. The third-order valence-electron chi connectivity index (χ3n) is 2.92. The highest BCUT2D eigenvalue weighted by Crippen LogP contribution is 2.16. The van der Waals surface area contributed by atoms with Crippen molar-refractivity contribution in [1.82, 2.24) is 4.72 Å². The second-order valence-electron chi connectivity index (χ2n) is 4.99. The quantitative estimate of drug-likeness (QED) is 0.742. The number of carbonyl (C=O) groups is 1. The number of aliphatic carboxylic acids is 1. The number of sulfonamides is 1. The van der Waals surface area contributed by atoms with Crippen LogP contribution in [-0.4, -0.2) is 44.0 Å². The second kappa shape index (κ2) is 6.49. The average Bonchev–Trinajstić information content (AvgIpc) is 2.28. The summed E-state index contributed by atoms with van der Waals surface area (Å²) in [6.45, 7) is 4.54. The van der Waals surface area contributed by atoms with Crippen molar-refractivity contribution in [2.45, 2.75) is 44.4 Å². The lowest BCUT2D eigenvalue weighted by Crippen LogP contribution is -2.47. The minimum Gasteiger partial charge on any atom is -0.480 e. The van der Waals surface area contributed by atoms with Crippen molar-refractivity contribution in [3.05, 3.63) is 0 Å². The Bertz CT molecular complexity index is 373. The van der Waals surface area contributed by atoms with Crippen molar-refractivity contribution >= 4 is 16.0 Å². The summed E-state index contributed by atoms with van der Waals surface area (Å²) in [5.74, 6) is -1.01. The fraction of sp³-hybridized carbons (Fsp3) is 0.909. The van der Waals surface area contributed by atoms with Gasteiger partial charge in [-0.3, -0.25) is 4.79 Å². The van der Waals surface area contributed by atoms with Gasteiger partial charge in [-0.1, -0.05) is 13.8 Å². The number of rotatable bonds is 6. The Labute approximate surface area is 108 Å². The van der Waals surface area contributed by atoms with E-state index in [4.69, 9.17) is 9.84 Å². The molecule has 106 valence electrons. The van der Waals surface area contributed by atoms with Crippen LogP contribution in [0, 0.1) is 5.92 Å². The predicted molar refractivity (Wildman–Crippen MR) is 66.8 cm³/mol. The Kier molecular flexibility index (Phi) is 5.55. The zero-order valence-electron chi connectivity index (χ0n) is 10.8. The number of carboxylic acid groups (broad SMARTS) is 1. The highest BCUT2D eigenvalue weighted by atomic mass is 32.2. The van der Waals surface area contributed by atoms with E-state index in [0.717, 1.165) is 0 Å². The molecule has 1 heterocycles. The van der Waals surface area contributed by atoms with Crippen molar-refractivity contribution in [3.8, 4) is 0 Å². The van der Waals surface area contributed by atoms with Gasteiger partial charge < -0.3 is 9.84 Å². The monoisotopic (exact) mass is 279 g/mol. The average molecular weight is 279 g/mol. The third-order valence-corrected chi connectivity index (χ3v) is 4.88. The number of ether oxygens (including phenoxy) is 1. The number of carboxylic acids is 1. The van der Waals surface area contributed by atoms with E-state index in [1.165, 1.54) is 0 Å². The first kappa shape index (κ1) is 15.4. The molecule has 0 aliphatic carbocycles. The highest BCUT2D eigenvalue weighted by Gasteiger charge is 2.32. The maximum atomic E-state index is 12.1. The fourth-order valence-electron chi connectivity index (χ4n) is 1.95. The molecule has 0 aromatic carbocycles. The van der Waals surface area contributed by atoms with E-state index in [-0.39, 0.29) is 12.3 Å². The van der Waals surface area contributed by atoms with E-state index in [9.17, 15) is 13.2 Å². The van der Waals surface area contributed by atoms with Crippen LogP contribution in [0.5, 0.6) is 0 Å². The maximum absolute atomic E-state index is 12.1. The van der Waals surface area contributed by atoms with E-state index >= 15 is 0 Å². The molecule has 0 unspecified atom stereocenters. The highest BCUT2D eigenvalue weighted by molar-refractivity contribution is 7.90. The molecule has 0 amide bonds. The summed E-state index contributed by atoms with van der Waals surface area (Å²) in [5, 5.41) is 8.49. The summed E-state index contributed by atoms with van der Waals surface area (Å²) in [6.07, 6.45) is 1.13. The molecule has 0 spiro atoms. The molecule has 0 aromatic heterocycles. The van der Waals surface area contributed by atoms with E-state index in [1.807, 2.05) is 13.8 Å². The molecule has 2 N–H and O–H groups in total. The Morgan fingerprint density at radius 1 is 1.39 bits per heavy atom. The molecule has 1 atom stereocenters. The molecule has 6 nitrogen and oxygen atoms in total. The molecule has 1 aliphatic heterocycles. The van der Waals surface area contributed by atoms with Crippen LogP contribution in [0.1, 0.15) is 33.1 Å².